The largest absolute Gasteiger partial charge is 0.206 e. The van der Waals surface area contributed by atoms with Crippen molar-refractivity contribution in [3.8, 4) is 0 Å². The third kappa shape index (κ3) is 1.39. The highest BCUT2D eigenvalue weighted by Gasteiger charge is 1.87. The van der Waals surface area contributed by atoms with E-state index in [1.807, 2.05) is 0 Å². The number of rotatable bonds is 1. The standard InChI is InChI=1S/C8H6F/c1-2-7-4-3-5-8(9)6-7/h2-5H,1H2. The van der Waals surface area contributed by atoms with Crippen molar-refractivity contribution in [2.24, 2.45) is 0 Å². The molecule has 0 aliphatic carbocycles. The molecule has 0 fully saturated rings. The van der Waals surface area contributed by atoms with Gasteiger partial charge in [-0.25, -0.2) is 4.39 Å². The summed E-state index contributed by atoms with van der Waals surface area (Å²) in [6.45, 7) is 3.47. The molecular weight excluding hydrogens is 115 g/mol. The zero-order valence-corrected chi connectivity index (χ0v) is 4.89. The van der Waals surface area contributed by atoms with Crippen LogP contribution in [0.2, 0.25) is 0 Å². The van der Waals surface area contributed by atoms with E-state index in [1.165, 1.54) is 6.07 Å². The second-order valence-corrected chi connectivity index (χ2v) is 1.66. The van der Waals surface area contributed by atoms with Gasteiger partial charge in [-0.3, -0.25) is 0 Å². The molecule has 9 heavy (non-hydrogen) atoms. The fraction of sp³-hybridized carbons (Fsp3) is 0. The first-order chi connectivity index (χ1) is 4.33. The second kappa shape index (κ2) is 2.44. The average molecular weight is 121 g/mol. The average Bonchev–Trinajstić information content (AvgIpc) is 1.88. The van der Waals surface area contributed by atoms with Crippen LogP contribution in [0, 0.1) is 11.9 Å². The number of hydrogen-bond acceptors (Lipinski definition) is 0. The molecule has 0 amide bonds. The second-order valence-electron chi connectivity index (χ2n) is 1.66. The molecule has 0 aromatic heterocycles. The highest BCUT2D eigenvalue weighted by molar-refractivity contribution is 5.45. The number of benzene rings is 1. The van der Waals surface area contributed by atoms with E-state index in [0.29, 0.717) is 5.56 Å². The lowest BCUT2D eigenvalue weighted by Crippen LogP contribution is -1.74. The Bertz CT molecular complexity index is 216. The van der Waals surface area contributed by atoms with Gasteiger partial charge < -0.3 is 0 Å². The van der Waals surface area contributed by atoms with Crippen molar-refractivity contribution in [1.82, 2.24) is 0 Å². The predicted octanol–water partition coefficient (Wildman–Crippen LogP) is 2.27. The third-order valence-corrected chi connectivity index (χ3v) is 1.00. The monoisotopic (exact) mass is 121 g/mol. The fourth-order valence-electron chi connectivity index (χ4n) is 0.577. The maximum atomic E-state index is 12.3. The van der Waals surface area contributed by atoms with Crippen LogP contribution in [0.3, 0.4) is 0 Å². The molecule has 0 aliphatic rings. The minimum atomic E-state index is -0.340. The highest BCUT2D eigenvalue weighted by atomic mass is 19.1. The van der Waals surface area contributed by atoms with Gasteiger partial charge in [0.15, 0.2) is 0 Å². The van der Waals surface area contributed by atoms with Crippen molar-refractivity contribution in [3.63, 3.8) is 0 Å². The fourth-order valence-corrected chi connectivity index (χ4v) is 0.577. The topological polar surface area (TPSA) is 0 Å². The van der Waals surface area contributed by atoms with Gasteiger partial charge in [0.25, 0.3) is 0 Å². The summed E-state index contributed by atoms with van der Waals surface area (Å²) < 4.78 is 12.3. The van der Waals surface area contributed by atoms with Crippen molar-refractivity contribution >= 4 is 6.08 Å². The van der Waals surface area contributed by atoms with Crippen LogP contribution < -0.4 is 0 Å². The molecule has 0 unspecified atom stereocenters. The minimum Gasteiger partial charge on any atom is -0.206 e. The summed E-state index contributed by atoms with van der Waals surface area (Å²) >= 11 is 0. The third-order valence-electron chi connectivity index (χ3n) is 1.00. The molecule has 0 atom stereocenters. The molecule has 0 heterocycles. The number of hydrogen-bond donors (Lipinski definition) is 0. The van der Waals surface area contributed by atoms with Crippen molar-refractivity contribution in [1.29, 1.82) is 0 Å². The molecule has 1 rings (SSSR count). The van der Waals surface area contributed by atoms with Crippen LogP contribution in [-0.2, 0) is 0 Å². The lowest BCUT2D eigenvalue weighted by molar-refractivity contribution is 0.625. The van der Waals surface area contributed by atoms with Gasteiger partial charge >= 0.3 is 0 Å². The summed E-state index contributed by atoms with van der Waals surface area (Å²) in [5.41, 5.74) is 0.690. The molecule has 1 heteroatoms. The van der Waals surface area contributed by atoms with E-state index in [0.717, 1.165) is 0 Å². The molecule has 0 bridgehead atoms. The molecule has 1 aromatic carbocycles. The summed E-state index contributed by atoms with van der Waals surface area (Å²) in [5, 5.41) is 0. The van der Waals surface area contributed by atoms with E-state index >= 15 is 0 Å². The van der Waals surface area contributed by atoms with Gasteiger partial charge in [0, 0.05) is 6.07 Å². The maximum Gasteiger partial charge on any atom is 0.131 e. The molecule has 0 aliphatic heterocycles. The first kappa shape index (κ1) is 6.02. The first-order valence-corrected chi connectivity index (χ1v) is 2.63. The van der Waals surface area contributed by atoms with Crippen LogP contribution in [0.15, 0.2) is 24.8 Å². The molecule has 0 saturated heterocycles. The van der Waals surface area contributed by atoms with Crippen LogP contribution in [0.4, 0.5) is 4.39 Å². The lowest BCUT2D eigenvalue weighted by atomic mass is 10.2. The van der Waals surface area contributed by atoms with Gasteiger partial charge in [0.2, 0.25) is 0 Å². The first-order valence-electron chi connectivity index (χ1n) is 2.63. The quantitative estimate of drug-likeness (QED) is 0.534. The maximum absolute atomic E-state index is 12.3. The van der Waals surface area contributed by atoms with Gasteiger partial charge in [-0.2, -0.15) is 0 Å². The predicted molar refractivity (Wildman–Crippen MR) is 35.3 cm³/mol. The van der Waals surface area contributed by atoms with E-state index in [-0.39, 0.29) is 5.82 Å². The van der Waals surface area contributed by atoms with Gasteiger partial charge in [0.05, 0.1) is 0 Å². The smallest absolute Gasteiger partial charge is 0.131 e. The molecule has 0 nitrogen and oxygen atoms in total. The van der Waals surface area contributed by atoms with Crippen molar-refractivity contribution in [2.45, 2.75) is 0 Å². The molecular formula is C8H6F. The Morgan fingerprint density at radius 1 is 1.56 bits per heavy atom. The van der Waals surface area contributed by atoms with E-state index < -0.39 is 0 Å². The summed E-state index contributed by atoms with van der Waals surface area (Å²) in [5.74, 6) is -0.340. The molecule has 0 saturated carbocycles. The van der Waals surface area contributed by atoms with Crippen molar-refractivity contribution in [2.75, 3.05) is 0 Å². The van der Waals surface area contributed by atoms with Gasteiger partial charge in [-0.05, 0) is 11.6 Å². The normalized spacial score (nSPS) is 9.00. The van der Waals surface area contributed by atoms with E-state index in [1.54, 1.807) is 18.2 Å². The van der Waals surface area contributed by atoms with Crippen LogP contribution in [0.25, 0.3) is 6.08 Å². The van der Waals surface area contributed by atoms with Crippen LogP contribution in [0.1, 0.15) is 5.56 Å². The molecule has 0 N–H and O–H groups in total. The van der Waals surface area contributed by atoms with Crippen molar-refractivity contribution < 1.29 is 4.39 Å². The molecule has 1 radical (unpaired) electrons. The number of halogens is 1. The molecule has 0 spiro atoms. The Morgan fingerprint density at radius 2 is 2.33 bits per heavy atom. The van der Waals surface area contributed by atoms with Gasteiger partial charge in [-0.1, -0.05) is 24.8 Å². The Hall–Kier alpha value is -1.11. The summed E-state index contributed by atoms with van der Waals surface area (Å²) in [6.07, 6.45) is 1.56. The Morgan fingerprint density at radius 3 is 2.78 bits per heavy atom. The SMILES string of the molecule is C=Cc1[c]c(F)ccc1. The van der Waals surface area contributed by atoms with Crippen LogP contribution in [0.5, 0.6) is 0 Å². The summed E-state index contributed by atoms with van der Waals surface area (Å²) in [7, 11) is 0. The zero-order valence-electron chi connectivity index (χ0n) is 4.89. The van der Waals surface area contributed by atoms with Crippen molar-refractivity contribution in [3.05, 3.63) is 42.2 Å². The van der Waals surface area contributed by atoms with E-state index in [4.69, 9.17) is 0 Å². The zero-order chi connectivity index (χ0) is 6.69. The molecule has 45 valence electrons. The Balaban J connectivity index is 3.07. The molecule has 1 aromatic rings. The van der Waals surface area contributed by atoms with Gasteiger partial charge in [-0.15, -0.1) is 0 Å². The lowest BCUT2D eigenvalue weighted by Gasteiger charge is -1.88. The Labute approximate surface area is 53.6 Å². The van der Waals surface area contributed by atoms with Crippen LogP contribution >= 0.6 is 0 Å². The van der Waals surface area contributed by atoms with Gasteiger partial charge in [0.1, 0.15) is 5.82 Å². The summed E-state index contributed by atoms with van der Waals surface area (Å²) in [4.78, 5) is 0. The summed E-state index contributed by atoms with van der Waals surface area (Å²) in [6, 6.07) is 7.20. The highest BCUT2D eigenvalue weighted by Crippen LogP contribution is 2.02. The van der Waals surface area contributed by atoms with E-state index in [9.17, 15) is 4.39 Å². The van der Waals surface area contributed by atoms with E-state index in [2.05, 4.69) is 12.6 Å². The van der Waals surface area contributed by atoms with Crippen LogP contribution in [-0.4, -0.2) is 0 Å². The Kier molecular flexibility index (Phi) is 1.63. The minimum absolute atomic E-state index is 0.340.